The van der Waals surface area contributed by atoms with Crippen molar-refractivity contribution >= 4 is 20.0 Å². The number of ether oxygens (including phenoxy) is 2. The Bertz CT molecular complexity index is 1560. The van der Waals surface area contributed by atoms with E-state index in [4.69, 9.17) is 9.47 Å². The Kier molecular flexibility index (Phi) is 9.33. The summed E-state index contributed by atoms with van der Waals surface area (Å²) in [5.41, 5.74) is 1.62. The normalized spacial score (nSPS) is 20.0. The maximum atomic E-state index is 13.3. The summed E-state index contributed by atoms with van der Waals surface area (Å²) in [4.78, 5) is 0.375. The minimum absolute atomic E-state index is 0.00603. The molecule has 0 radical (unpaired) electrons. The van der Waals surface area contributed by atoms with Crippen LogP contribution in [0.3, 0.4) is 0 Å². The third-order valence-corrected chi connectivity index (χ3v) is 11.2. The number of rotatable bonds is 11. The zero-order chi connectivity index (χ0) is 29.8. The van der Waals surface area contributed by atoms with Gasteiger partial charge in [-0.1, -0.05) is 48.5 Å². The molecule has 3 N–H and O–H groups in total. The molecule has 12 heteroatoms. The van der Waals surface area contributed by atoms with E-state index in [0.717, 1.165) is 17.5 Å². The summed E-state index contributed by atoms with van der Waals surface area (Å²) in [6.07, 6.45) is 1.12. The highest BCUT2D eigenvalue weighted by molar-refractivity contribution is 7.89. The molecular weight excluding hydrogens is 578 g/mol. The first kappa shape index (κ1) is 30.6. The number of hydrogen-bond acceptors (Lipinski definition) is 8. The molecule has 0 amide bonds. The molecule has 2 unspecified atom stereocenters. The Morgan fingerprint density at radius 1 is 0.952 bits per heavy atom. The van der Waals surface area contributed by atoms with Gasteiger partial charge in [0.15, 0.2) is 0 Å². The van der Waals surface area contributed by atoms with Gasteiger partial charge in [-0.15, -0.1) is 0 Å². The Morgan fingerprint density at radius 3 is 2.33 bits per heavy atom. The predicted octanol–water partition coefficient (Wildman–Crippen LogP) is 2.60. The molecule has 226 valence electrons. The van der Waals surface area contributed by atoms with E-state index in [1.807, 2.05) is 42.5 Å². The summed E-state index contributed by atoms with van der Waals surface area (Å²) in [6, 6.07) is 23.0. The topological polar surface area (TPSA) is 134 Å². The molecule has 2 heterocycles. The highest BCUT2D eigenvalue weighted by Crippen LogP contribution is 2.37. The van der Waals surface area contributed by atoms with Crippen LogP contribution in [-0.4, -0.2) is 83.9 Å². The molecule has 2 fully saturated rings. The molecule has 10 nitrogen and oxygen atoms in total. The minimum Gasteiger partial charge on any atom is -0.491 e. The minimum atomic E-state index is -3.61. The van der Waals surface area contributed by atoms with Crippen LogP contribution in [0.4, 0.5) is 0 Å². The van der Waals surface area contributed by atoms with Crippen LogP contribution in [0, 0.1) is 0 Å². The van der Waals surface area contributed by atoms with Crippen molar-refractivity contribution in [2.45, 2.75) is 46.8 Å². The Balaban J connectivity index is 1.08. The van der Waals surface area contributed by atoms with Crippen LogP contribution in [-0.2, 0) is 24.8 Å². The van der Waals surface area contributed by atoms with Gasteiger partial charge in [0.25, 0.3) is 0 Å². The van der Waals surface area contributed by atoms with Gasteiger partial charge in [-0.3, -0.25) is 0 Å². The molecular formula is C30H37N3O7S2. The molecule has 2 aliphatic rings. The van der Waals surface area contributed by atoms with E-state index in [2.05, 4.69) is 10.0 Å². The SMILES string of the molecule is CNS(=O)(=O)c1cccc(OCC(O)CNC2COC3(CCN(S(=O)(=O)c4ccc(-c5ccccc5)cc4)CC3)C2)c1. The smallest absolute Gasteiger partial charge is 0.243 e. The second-order valence-electron chi connectivity index (χ2n) is 10.7. The van der Waals surface area contributed by atoms with Crippen molar-refractivity contribution in [1.29, 1.82) is 0 Å². The van der Waals surface area contributed by atoms with Crippen LogP contribution in [0.5, 0.6) is 5.75 Å². The van der Waals surface area contributed by atoms with Gasteiger partial charge >= 0.3 is 0 Å². The number of aliphatic hydroxyl groups excluding tert-OH is 1. The zero-order valence-electron chi connectivity index (χ0n) is 23.5. The number of sulfonamides is 2. The van der Waals surface area contributed by atoms with Crippen LogP contribution in [0.1, 0.15) is 19.3 Å². The molecule has 0 aliphatic carbocycles. The van der Waals surface area contributed by atoms with E-state index in [1.165, 1.54) is 23.5 Å². The fourth-order valence-electron chi connectivity index (χ4n) is 5.46. The highest BCUT2D eigenvalue weighted by Gasteiger charge is 2.44. The molecule has 2 aliphatic heterocycles. The molecule has 0 aromatic heterocycles. The van der Waals surface area contributed by atoms with Crippen molar-refractivity contribution in [1.82, 2.24) is 14.3 Å². The standard InChI is InChI=1S/C30H37N3O7S2/c1-31-41(35,36)29-9-5-8-27(18-29)39-22-26(34)20-32-25-19-30(40-21-25)14-16-33(17-15-30)42(37,38)28-12-10-24(11-13-28)23-6-3-2-4-7-23/h2-13,18,25-26,31-32,34H,14-17,19-22H2,1H3. The van der Waals surface area contributed by atoms with Gasteiger partial charge in [-0.2, -0.15) is 4.31 Å². The Morgan fingerprint density at radius 2 is 1.64 bits per heavy atom. The fraction of sp³-hybridized carbons (Fsp3) is 0.400. The van der Waals surface area contributed by atoms with Crippen molar-refractivity contribution in [3.63, 3.8) is 0 Å². The van der Waals surface area contributed by atoms with Gasteiger partial charge in [0.1, 0.15) is 18.5 Å². The van der Waals surface area contributed by atoms with E-state index >= 15 is 0 Å². The van der Waals surface area contributed by atoms with Crippen LogP contribution in [0.25, 0.3) is 11.1 Å². The van der Waals surface area contributed by atoms with E-state index in [9.17, 15) is 21.9 Å². The van der Waals surface area contributed by atoms with Crippen molar-refractivity contribution in [3.8, 4) is 16.9 Å². The first-order chi connectivity index (χ1) is 20.1. The van der Waals surface area contributed by atoms with E-state index in [-0.39, 0.29) is 34.6 Å². The van der Waals surface area contributed by atoms with Gasteiger partial charge in [0.05, 0.1) is 22.0 Å². The van der Waals surface area contributed by atoms with E-state index < -0.39 is 26.2 Å². The van der Waals surface area contributed by atoms with Gasteiger partial charge < -0.3 is 19.9 Å². The van der Waals surface area contributed by atoms with Crippen LogP contribution in [0.15, 0.2) is 88.7 Å². The molecule has 5 rings (SSSR count). The lowest BCUT2D eigenvalue weighted by atomic mass is 9.88. The van der Waals surface area contributed by atoms with Crippen molar-refractivity contribution in [2.75, 3.05) is 39.9 Å². The lowest BCUT2D eigenvalue weighted by Crippen LogP contribution is -2.47. The number of piperidine rings is 1. The largest absolute Gasteiger partial charge is 0.491 e. The Labute approximate surface area is 247 Å². The summed E-state index contributed by atoms with van der Waals surface area (Å²) < 4.78 is 66.2. The molecule has 3 aromatic rings. The van der Waals surface area contributed by atoms with Gasteiger partial charge in [0.2, 0.25) is 20.0 Å². The number of aliphatic hydroxyl groups is 1. The molecule has 3 aromatic carbocycles. The first-order valence-corrected chi connectivity index (χ1v) is 16.9. The Hall–Kier alpha value is -2.84. The first-order valence-electron chi connectivity index (χ1n) is 14.0. The third-order valence-electron chi connectivity index (χ3n) is 7.91. The molecule has 0 saturated carbocycles. The average Bonchev–Trinajstić information content (AvgIpc) is 3.41. The summed E-state index contributed by atoms with van der Waals surface area (Å²) in [5.74, 6) is 0.349. The fourth-order valence-corrected chi connectivity index (χ4v) is 7.67. The van der Waals surface area contributed by atoms with Crippen molar-refractivity contribution in [3.05, 3.63) is 78.9 Å². The lowest BCUT2D eigenvalue weighted by Gasteiger charge is -2.38. The number of nitrogens with one attached hydrogen (secondary N) is 2. The molecule has 0 bridgehead atoms. The van der Waals surface area contributed by atoms with E-state index in [1.54, 1.807) is 24.3 Å². The average molecular weight is 616 g/mol. The third kappa shape index (κ3) is 7.03. The maximum Gasteiger partial charge on any atom is 0.243 e. The summed E-state index contributed by atoms with van der Waals surface area (Å²) in [7, 11) is -5.85. The molecule has 2 saturated heterocycles. The molecule has 42 heavy (non-hydrogen) atoms. The van der Waals surface area contributed by atoms with E-state index in [0.29, 0.717) is 38.3 Å². The number of nitrogens with zero attached hydrogens (tertiary/aromatic N) is 1. The van der Waals surface area contributed by atoms with Gasteiger partial charge in [0, 0.05) is 31.7 Å². The summed E-state index contributed by atoms with van der Waals surface area (Å²) >= 11 is 0. The quantitative estimate of drug-likeness (QED) is 0.300. The predicted molar refractivity (Wildman–Crippen MR) is 159 cm³/mol. The summed E-state index contributed by atoms with van der Waals surface area (Å²) in [5, 5.41) is 13.8. The second kappa shape index (κ2) is 12.8. The zero-order valence-corrected chi connectivity index (χ0v) is 25.1. The number of benzene rings is 3. The number of hydrogen-bond donors (Lipinski definition) is 3. The van der Waals surface area contributed by atoms with Crippen molar-refractivity contribution < 1.29 is 31.4 Å². The van der Waals surface area contributed by atoms with Crippen molar-refractivity contribution in [2.24, 2.45) is 0 Å². The van der Waals surface area contributed by atoms with Crippen LogP contribution < -0.4 is 14.8 Å². The van der Waals surface area contributed by atoms with Gasteiger partial charge in [-0.25, -0.2) is 21.6 Å². The highest BCUT2D eigenvalue weighted by atomic mass is 32.2. The van der Waals surface area contributed by atoms with Crippen LogP contribution >= 0.6 is 0 Å². The molecule has 1 spiro atoms. The second-order valence-corrected chi connectivity index (χ2v) is 14.6. The molecule has 2 atom stereocenters. The maximum absolute atomic E-state index is 13.3. The monoisotopic (exact) mass is 615 g/mol. The lowest BCUT2D eigenvalue weighted by molar-refractivity contribution is -0.0312. The summed E-state index contributed by atoms with van der Waals surface area (Å²) in [6.45, 7) is 1.51. The van der Waals surface area contributed by atoms with Crippen LogP contribution in [0.2, 0.25) is 0 Å². The van der Waals surface area contributed by atoms with Gasteiger partial charge in [-0.05, 0) is 61.7 Å².